The van der Waals surface area contributed by atoms with E-state index < -0.39 is 17.1 Å². The second-order valence-electron chi connectivity index (χ2n) is 11.3. The third-order valence-electron chi connectivity index (χ3n) is 7.67. The van der Waals surface area contributed by atoms with Gasteiger partial charge in [0.15, 0.2) is 0 Å². The molecule has 1 unspecified atom stereocenters. The molecule has 0 aromatic heterocycles. The molecule has 5 aromatic carbocycles. The quantitative estimate of drug-likeness (QED) is 0.0745. The second kappa shape index (κ2) is 18.1. The lowest BCUT2D eigenvalue weighted by Crippen LogP contribution is -2.30. The highest BCUT2D eigenvalue weighted by molar-refractivity contribution is 8.00. The number of ether oxygens (including phenoxy) is 3. The minimum absolute atomic E-state index is 0.0547. The van der Waals surface area contributed by atoms with Crippen LogP contribution in [0.1, 0.15) is 34.8 Å². The van der Waals surface area contributed by atoms with E-state index in [0.717, 1.165) is 10.5 Å². The summed E-state index contributed by atoms with van der Waals surface area (Å²) in [5, 5.41) is 8.21. The van der Waals surface area contributed by atoms with E-state index in [1.165, 1.54) is 18.9 Å². The van der Waals surface area contributed by atoms with E-state index in [1.807, 2.05) is 73.7 Å². The van der Waals surface area contributed by atoms with E-state index in [1.54, 1.807) is 73.8 Å². The summed E-state index contributed by atoms with van der Waals surface area (Å²) in [6, 6.07) is 38.2. The van der Waals surface area contributed by atoms with E-state index in [2.05, 4.69) is 16.0 Å². The maximum atomic E-state index is 13.7. The van der Waals surface area contributed by atoms with Gasteiger partial charge in [0, 0.05) is 22.2 Å². The van der Waals surface area contributed by atoms with Gasteiger partial charge in [-0.15, -0.1) is 11.8 Å². The Labute approximate surface area is 302 Å². The number of amides is 3. The maximum absolute atomic E-state index is 13.7. The molecule has 0 saturated heterocycles. The summed E-state index contributed by atoms with van der Waals surface area (Å²) in [6.45, 7) is 2.36. The molecule has 260 valence electrons. The monoisotopic (exact) mass is 701 g/mol. The first-order valence-electron chi connectivity index (χ1n) is 16.3. The molecule has 3 N–H and O–H groups in total. The number of benzene rings is 5. The Morgan fingerprint density at radius 1 is 0.745 bits per heavy atom. The van der Waals surface area contributed by atoms with Crippen molar-refractivity contribution in [1.29, 1.82) is 0 Å². The van der Waals surface area contributed by atoms with Crippen LogP contribution in [0.15, 0.2) is 138 Å². The molecule has 0 aliphatic carbocycles. The number of carbonyl (C=O) groups is 3. The highest BCUT2D eigenvalue weighted by atomic mass is 32.2. The normalized spacial score (nSPS) is 11.5. The molecule has 0 aliphatic rings. The minimum Gasteiger partial charge on any atom is -0.497 e. The minimum atomic E-state index is -0.512. The standard InChI is InChI=1S/C41H39N3O6S/c1-4-38(41(47)43-35-23-22-33(48-2)26-37(35)49-3)51-34-17-11-16-31(25-34)42-40(46)36(44-39(45)30-14-9-6-10-15-30)24-28-18-20-32(21-19-28)50-27-29-12-7-5-8-13-29/h5-26,38H,4,27H2,1-3H3,(H,42,46)(H,43,47)(H,44,45)/b36-24-. The summed E-state index contributed by atoms with van der Waals surface area (Å²) in [5.41, 5.74) is 3.25. The van der Waals surface area contributed by atoms with Crippen molar-refractivity contribution >= 4 is 46.9 Å². The summed E-state index contributed by atoms with van der Waals surface area (Å²) in [7, 11) is 3.09. The van der Waals surface area contributed by atoms with Crippen molar-refractivity contribution in [3.63, 3.8) is 0 Å². The van der Waals surface area contributed by atoms with Crippen LogP contribution in [0.4, 0.5) is 11.4 Å². The van der Waals surface area contributed by atoms with Gasteiger partial charge in [-0.2, -0.15) is 0 Å². The molecule has 0 aliphatic heterocycles. The van der Waals surface area contributed by atoms with Crippen LogP contribution in [0.5, 0.6) is 17.2 Å². The largest absolute Gasteiger partial charge is 0.497 e. The van der Waals surface area contributed by atoms with Crippen LogP contribution in [-0.2, 0) is 16.2 Å². The summed E-state index contributed by atoms with van der Waals surface area (Å²) in [5.74, 6) is 0.654. The number of carbonyl (C=O) groups excluding carboxylic acids is 3. The Balaban J connectivity index is 1.29. The molecule has 9 nitrogen and oxygen atoms in total. The van der Waals surface area contributed by atoms with Crippen molar-refractivity contribution in [3.05, 3.63) is 150 Å². The molecule has 0 bridgehead atoms. The Bertz CT molecular complexity index is 1970. The lowest BCUT2D eigenvalue weighted by molar-refractivity contribution is -0.116. The molecule has 0 radical (unpaired) electrons. The number of anilines is 2. The van der Waals surface area contributed by atoms with E-state index in [-0.39, 0.29) is 11.6 Å². The van der Waals surface area contributed by atoms with Crippen LogP contribution >= 0.6 is 11.8 Å². The van der Waals surface area contributed by atoms with Crippen molar-refractivity contribution in [2.24, 2.45) is 0 Å². The van der Waals surface area contributed by atoms with Gasteiger partial charge in [-0.05, 0) is 78.2 Å². The molecule has 0 heterocycles. The van der Waals surface area contributed by atoms with Crippen molar-refractivity contribution in [3.8, 4) is 17.2 Å². The average Bonchev–Trinajstić information content (AvgIpc) is 3.17. The Hall–Kier alpha value is -6.00. The van der Waals surface area contributed by atoms with Gasteiger partial charge in [0.25, 0.3) is 11.8 Å². The van der Waals surface area contributed by atoms with Crippen LogP contribution < -0.4 is 30.2 Å². The summed E-state index contributed by atoms with van der Waals surface area (Å²) < 4.78 is 16.6. The second-order valence-corrected chi connectivity index (χ2v) is 12.5. The Morgan fingerprint density at radius 2 is 1.45 bits per heavy atom. The third kappa shape index (κ3) is 10.5. The molecule has 10 heteroatoms. The van der Waals surface area contributed by atoms with Gasteiger partial charge in [0.1, 0.15) is 29.6 Å². The number of rotatable bonds is 15. The summed E-state index contributed by atoms with van der Waals surface area (Å²) >= 11 is 1.38. The van der Waals surface area contributed by atoms with E-state index >= 15 is 0 Å². The van der Waals surface area contributed by atoms with Crippen molar-refractivity contribution in [1.82, 2.24) is 5.32 Å². The van der Waals surface area contributed by atoms with Crippen LogP contribution in [0.2, 0.25) is 0 Å². The fourth-order valence-electron chi connectivity index (χ4n) is 4.96. The van der Waals surface area contributed by atoms with Crippen LogP contribution in [0.25, 0.3) is 6.08 Å². The topological polar surface area (TPSA) is 115 Å². The first-order chi connectivity index (χ1) is 24.8. The molecule has 5 rings (SSSR count). The molecule has 0 spiro atoms. The van der Waals surface area contributed by atoms with Crippen molar-refractivity contribution in [2.45, 2.75) is 30.1 Å². The number of methoxy groups -OCH3 is 2. The SMILES string of the molecule is CCC(Sc1cccc(NC(=O)/C(=C/c2ccc(OCc3ccccc3)cc2)NC(=O)c2ccccc2)c1)C(=O)Nc1ccc(OC)cc1OC. The van der Waals surface area contributed by atoms with Crippen molar-refractivity contribution in [2.75, 3.05) is 24.9 Å². The van der Waals surface area contributed by atoms with Gasteiger partial charge < -0.3 is 30.2 Å². The molecular weight excluding hydrogens is 663 g/mol. The van der Waals surface area contributed by atoms with E-state index in [0.29, 0.717) is 52.8 Å². The molecule has 51 heavy (non-hydrogen) atoms. The first-order valence-corrected chi connectivity index (χ1v) is 17.2. The van der Waals surface area contributed by atoms with Gasteiger partial charge in [0.2, 0.25) is 5.91 Å². The number of thioether (sulfide) groups is 1. The Morgan fingerprint density at radius 3 is 2.14 bits per heavy atom. The van der Waals surface area contributed by atoms with Gasteiger partial charge in [-0.1, -0.05) is 73.7 Å². The van der Waals surface area contributed by atoms with Crippen LogP contribution in [-0.4, -0.2) is 37.2 Å². The van der Waals surface area contributed by atoms with Gasteiger partial charge >= 0.3 is 0 Å². The molecule has 0 fully saturated rings. The van der Waals surface area contributed by atoms with Gasteiger partial charge in [0.05, 0.1) is 25.2 Å². The lowest BCUT2D eigenvalue weighted by atomic mass is 10.1. The number of hydrogen-bond acceptors (Lipinski definition) is 7. The smallest absolute Gasteiger partial charge is 0.272 e. The highest BCUT2D eigenvalue weighted by Crippen LogP contribution is 2.32. The van der Waals surface area contributed by atoms with Crippen LogP contribution in [0, 0.1) is 0 Å². The maximum Gasteiger partial charge on any atom is 0.272 e. The zero-order chi connectivity index (χ0) is 36.0. The fourth-order valence-corrected chi connectivity index (χ4v) is 5.97. The molecule has 5 aromatic rings. The first kappa shape index (κ1) is 36.3. The zero-order valence-electron chi connectivity index (χ0n) is 28.6. The van der Waals surface area contributed by atoms with Gasteiger partial charge in [-0.3, -0.25) is 14.4 Å². The molecule has 1 atom stereocenters. The average molecular weight is 702 g/mol. The predicted molar refractivity (Wildman–Crippen MR) is 202 cm³/mol. The van der Waals surface area contributed by atoms with Gasteiger partial charge in [-0.25, -0.2) is 0 Å². The zero-order valence-corrected chi connectivity index (χ0v) is 29.4. The Kier molecular flexibility index (Phi) is 12.9. The van der Waals surface area contributed by atoms with Crippen molar-refractivity contribution < 1.29 is 28.6 Å². The van der Waals surface area contributed by atoms with E-state index in [9.17, 15) is 14.4 Å². The highest BCUT2D eigenvalue weighted by Gasteiger charge is 2.21. The molecule has 0 saturated carbocycles. The van der Waals surface area contributed by atoms with Crippen LogP contribution in [0.3, 0.4) is 0 Å². The fraction of sp³-hybridized carbons (Fsp3) is 0.146. The number of nitrogens with one attached hydrogen (secondary N) is 3. The summed E-state index contributed by atoms with van der Waals surface area (Å²) in [6.07, 6.45) is 2.17. The number of hydrogen-bond donors (Lipinski definition) is 3. The summed E-state index contributed by atoms with van der Waals surface area (Å²) in [4.78, 5) is 40.9. The lowest BCUT2D eigenvalue weighted by Gasteiger charge is -2.17. The van der Waals surface area contributed by atoms with E-state index in [4.69, 9.17) is 14.2 Å². The third-order valence-corrected chi connectivity index (χ3v) is 9.03. The molecular formula is C41H39N3O6S. The predicted octanol–water partition coefficient (Wildman–Crippen LogP) is 8.20. The molecule has 3 amide bonds.